The van der Waals surface area contributed by atoms with Crippen molar-refractivity contribution in [1.29, 1.82) is 0 Å². The summed E-state index contributed by atoms with van der Waals surface area (Å²) in [7, 11) is 0. The summed E-state index contributed by atoms with van der Waals surface area (Å²) in [6.45, 7) is 5.88. The summed E-state index contributed by atoms with van der Waals surface area (Å²) in [5.74, 6) is -1.60. The van der Waals surface area contributed by atoms with Gasteiger partial charge in [-0.25, -0.2) is 0 Å². The van der Waals surface area contributed by atoms with Gasteiger partial charge in [0, 0.05) is 17.4 Å². The maximum atomic E-state index is 13.1. The molecule has 1 aliphatic heterocycles. The molecule has 1 amide bonds. The molecule has 1 aliphatic rings. The number of aliphatic hydroxyl groups is 1. The minimum atomic E-state index is -0.811. The van der Waals surface area contributed by atoms with Gasteiger partial charge in [-0.2, -0.15) is 0 Å². The molecule has 150 valence electrons. The number of benzene rings is 2. The van der Waals surface area contributed by atoms with Crippen LogP contribution in [0.1, 0.15) is 34.0 Å². The van der Waals surface area contributed by atoms with Crippen LogP contribution in [-0.2, 0) is 9.59 Å². The summed E-state index contributed by atoms with van der Waals surface area (Å²) in [6, 6.07) is 17.3. The van der Waals surface area contributed by atoms with E-state index in [2.05, 4.69) is 4.98 Å². The molecule has 1 aromatic heterocycles. The Balaban J connectivity index is 1.94. The van der Waals surface area contributed by atoms with Crippen LogP contribution >= 0.6 is 0 Å². The number of pyridine rings is 1. The van der Waals surface area contributed by atoms with E-state index in [1.54, 1.807) is 36.5 Å². The highest BCUT2D eigenvalue weighted by atomic mass is 16.3. The van der Waals surface area contributed by atoms with Crippen LogP contribution < -0.4 is 4.90 Å². The van der Waals surface area contributed by atoms with Crippen LogP contribution in [0.4, 0.5) is 5.69 Å². The number of anilines is 1. The molecule has 30 heavy (non-hydrogen) atoms. The van der Waals surface area contributed by atoms with E-state index in [1.165, 1.54) is 4.90 Å². The minimum Gasteiger partial charge on any atom is -0.507 e. The summed E-state index contributed by atoms with van der Waals surface area (Å²) in [5.41, 5.74) is 4.77. The second kappa shape index (κ2) is 7.59. The number of carbonyl (C=O) groups is 2. The Labute approximate surface area is 175 Å². The number of hydrogen-bond acceptors (Lipinski definition) is 4. The Morgan fingerprint density at radius 2 is 1.67 bits per heavy atom. The highest BCUT2D eigenvalue weighted by Crippen LogP contribution is 2.41. The molecule has 5 heteroatoms. The van der Waals surface area contributed by atoms with E-state index < -0.39 is 17.7 Å². The maximum absolute atomic E-state index is 13.1. The summed E-state index contributed by atoms with van der Waals surface area (Å²) >= 11 is 0. The van der Waals surface area contributed by atoms with Crippen molar-refractivity contribution in [3.63, 3.8) is 0 Å². The van der Waals surface area contributed by atoms with Crippen LogP contribution in [0.2, 0.25) is 0 Å². The van der Waals surface area contributed by atoms with Crippen molar-refractivity contribution in [2.45, 2.75) is 26.8 Å². The molecule has 2 heterocycles. The third-order valence-corrected chi connectivity index (χ3v) is 5.51. The lowest BCUT2D eigenvalue weighted by molar-refractivity contribution is -0.132. The van der Waals surface area contributed by atoms with E-state index in [0.717, 1.165) is 16.7 Å². The smallest absolute Gasteiger partial charge is 0.300 e. The lowest BCUT2D eigenvalue weighted by Crippen LogP contribution is -2.29. The van der Waals surface area contributed by atoms with E-state index in [1.807, 2.05) is 51.1 Å². The quantitative estimate of drug-likeness (QED) is 0.397. The Morgan fingerprint density at radius 1 is 0.933 bits per heavy atom. The first-order valence-electron chi connectivity index (χ1n) is 9.74. The molecular weight excluding hydrogens is 376 g/mol. The predicted molar refractivity (Wildman–Crippen MR) is 116 cm³/mol. The molecule has 0 aliphatic carbocycles. The van der Waals surface area contributed by atoms with E-state index in [9.17, 15) is 14.7 Å². The van der Waals surface area contributed by atoms with E-state index in [4.69, 9.17) is 0 Å². The molecule has 3 aromatic rings. The molecule has 5 nitrogen and oxygen atoms in total. The van der Waals surface area contributed by atoms with Crippen molar-refractivity contribution in [3.05, 3.63) is 100 Å². The molecule has 0 radical (unpaired) electrons. The van der Waals surface area contributed by atoms with Gasteiger partial charge in [0.05, 0.1) is 11.3 Å². The Morgan fingerprint density at radius 3 is 2.30 bits per heavy atom. The number of carbonyl (C=O) groups excluding carboxylic acids is 2. The van der Waals surface area contributed by atoms with Gasteiger partial charge in [0.1, 0.15) is 11.8 Å². The van der Waals surface area contributed by atoms with Crippen molar-refractivity contribution in [2.75, 3.05) is 4.90 Å². The van der Waals surface area contributed by atoms with E-state index >= 15 is 0 Å². The van der Waals surface area contributed by atoms with E-state index in [0.29, 0.717) is 16.9 Å². The number of Topliss-reactive ketones (excluding diaryl/α,β-unsaturated/α-hetero) is 1. The monoisotopic (exact) mass is 398 g/mol. The van der Waals surface area contributed by atoms with Crippen molar-refractivity contribution in [1.82, 2.24) is 4.98 Å². The van der Waals surface area contributed by atoms with Crippen LogP contribution in [0.5, 0.6) is 0 Å². The van der Waals surface area contributed by atoms with Crippen molar-refractivity contribution >= 4 is 23.1 Å². The van der Waals surface area contributed by atoms with Gasteiger partial charge in [-0.3, -0.25) is 19.5 Å². The van der Waals surface area contributed by atoms with Crippen LogP contribution in [0.3, 0.4) is 0 Å². The molecule has 0 bridgehead atoms. The normalized spacial score (nSPS) is 18.1. The lowest BCUT2D eigenvalue weighted by atomic mass is 9.97. The fourth-order valence-corrected chi connectivity index (χ4v) is 3.66. The molecule has 1 fully saturated rings. The molecule has 1 unspecified atom stereocenters. The number of aryl methyl sites for hydroxylation is 3. The largest absolute Gasteiger partial charge is 0.507 e. The second-order valence-electron chi connectivity index (χ2n) is 7.56. The van der Waals surface area contributed by atoms with Gasteiger partial charge in [-0.05, 0) is 56.2 Å². The van der Waals surface area contributed by atoms with Gasteiger partial charge in [-0.15, -0.1) is 0 Å². The number of aliphatic hydroxyl groups excluding tert-OH is 1. The number of aromatic nitrogens is 1. The second-order valence-corrected chi connectivity index (χ2v) is 7.56. The predicted octanol–water partition coefficient (Wildman–Crippen LogP) is 4.63. The SMILES string of the molecule is Cc1ccc(/C(O)=C2\C(=O)C(=O)N(c3ccc(C)c(C)c3)C2c2ccccn2)cc1. The summed E-state index contributed by atoms with van der Waals surface area (Å²) < 4.78 is 0. The number of ketones is 1. The minimum absolute atomic E-state index is 0.0424. The highest BCUT2D eigenvalue weighted by molar-refractivity contribution is 6.51. The van der Waals surface area contributed by atoms with Gasteiger partial charge < -0.3 is 5.11 Å². The third-order valence-electron chi connectivity index (χ3n) is 5.51. The van der Waals surface area contributed by atoms with Crippen LogP contribution in [0.15, 0.2) is 72.4 Å². The zero-order valence-corrected chi connectivity index (χ0v) is 17.1. The molecule has 1 saturated heterocycles. The topological polar surface area (TPSA) is 70.5 Å². The first kappa shape index (κ1) is 19.6. The van der Waals surface area contributed by atoms with Gasteiger partial charge in [0.2, 0.25) is 0 Å². The Kier molecular flexibility index (Phi) is 4.96. The number of amides is 1. The maximum Gasteiger partial charge on any atom is 0.300 e. The zero-order chi connectivity index (χ0) is 21.4. The fraction of sp³-hybridized carbons (Fsp3) is 0.160. The Bertz CT molecular complexity index is 1160. The molecule has 1 N–H and O–H groups in total. The first-order valence-corrected chi connectivity index (χ1v) is 9.74. The first-order chi connectivity index (χ1) is 14.4. The molecule has 4 rings (SSSR count). The number of rotatable bonds is 3. The lowest BCUT2D eigenvalue weighted by Gasteiger charge is -2.25. The number of hydrogen-bond donors (Lipinski definition) is 1. The van der Waals surface area contributed by atoms with E-state index in [-0.39, 0.29) is 11.3 Å². The summed E-state index contributed by atoms with van der Waals surface area (Å²) in [5, 5.41) is 11.0. The molecule has 0 saturated carbocycles. The average molecular weight is 398 g/mol. The zero-order valence-electron chi connectivity index (χ0n) is 17.1. The van der Waals surface area contributed by atoms with Gasteiger partial charge >= 0.3 is 0 Å². The standard InChI is InChI=1S/C25H22N2O3/c1-15-7-10-18(11-8-15)23(28)21-22(20-6-4-5-13-26-20)27(25(30)24(21)29)19-12-9-16(2)17(3)14-19/h4-14,22,28H,1-3H3/b23-21+. The van der Waals surface area contributed by atoms with Crippen LogP contribution in [-0.4, -0.2) is 21.8 Å². The molecule has 2 aromatic carbocycles. The van der Waals surface area contributed by atoms with Gasteiger partial charge in [0.25, 0.3) is 11.7 Å². The molecule has 0 spiro atoms. The average Bonchev–Trinajstić information content (AvgIpc) is 3.01. The Hall–Kier alpha value is -3.73. The fourth-order valence-electron chi connectivity index (χ4n) is 3.66. The van der Waals surface area contributed by atoms with Gasteiger partial charge in [0.15, 0.2) is 0 Å². The summed E-state index contributed by atoms with van der Waals surface area (Å²) in [4.78, 5) is 32.0. The highest BCUT2D eigenvalue weighted by Gasteiger charge is 2.47. The van der Waals surface area contributed by atoms with Crippen LogP contribution in [0, 0.1) is 20.8 Å². The van der Waals surface area contributed by atoms with Crippen molar-refractivity contribution < 1.29 is 14.7 Å². The van der Waals surface area contributed by atoms with Crippen LogP contribution in [0.25, 0.3) is 5.76 Å². The summed E-state index contributed by atoms with van der Waals surface area (Å²) in [6.07, 6.45) is 1.61. The van der Waals surface area contributed by atoms with Crippen molar-refractivity contribution in [2.24, 2.45) is 0 Å². The third kappa shape index (κ3) is 3.28. The van der Waals surface area contributed by atoms with Gasteiger partial charge in [-0.1, -0.05) is 42.0 Å². The number of nitrogens with zero attached hydrogens (tertiary/aromatic N) is 2. The van der Waals surface area contributed by atoms with Crippen molar-refractivity contribution in [3.8, 4) is 0 Å². The molecular formula is C25H22N2O3. The molecule has 1 atom stereocenters.